The van der Waals surface area contributed by atoms with Crippen LogP contribution >= 0.6 is 0 Å². The topological polar surface area (TPSA) is 104 Å². The van der Waals surface area contributed by atoms with Gasteiger partial charge in [0.05, 0.1) is 35.4 Å². The van der Waals surface area contributed by atoms with Crippen molar-refractivity contribution in [3.63, 3.8) is 0 Å². The number of hydrogen-bond acceptors (Lipinski definition) is 5. The van der Waals surface area contributed by atoms with Gasteiger partial charge in [-0.3, -0.25) is 14.8 Å². The summed E-state index contributed by atoms with van der Waals surface area (Å²) >= 11 is 0. The van der Waals surface area contributed by atoms with Gasteiger partial charge in [-0.15, -0.1) is 0 Å². The Morgan fingerprint density at radius 3 is 2.41 bits per heavy atom. The van der Waals surface area contributed by atoms with Crippen LogP contribution in [0.5, 0.6) is 0 Å². The molecular formula is C22H13N5O2. The van der Waals surface area contributed by atoms with E-state index in [0.29, 0.717) is 28.3 Å². The van der Waals surface area contributed by atoms with Crippen LogP contribution in [0.1, 0.15) is 11.1 Å². The highest BCUT2D eigenvalue weighted by molar-refractivity contribution is 5.94. The van der Waals surface area contributed by atoms with Crippen molar-refractivity contribution in [2.75, 3.05) is 0 Å². The van der Waals surface area contributed by atoms with Crippen LogP contribution in [0.3, 0.4) is 0 Å². The number of allylic oxidation sites excluding steroid dienone is 1. The first-order chi connectivity index (χ1) is 14.1. The highest BCUT2D eigenvalue weighted by Gasteiger charge is 2.11. The van der Waals surface area contributed by atoms with Gasteiger partial charge in [0.25, 0.3) is 5.70 Å². The number of rotatable bonds is 5. The summed E-state index contributed by atoms with van der Waals surface area (Å²) in [5.41, 5.74) is 2.99. The van der Waals surface area contributed by atoms with Crippen molar-refractivity contribution < 1.29 is 9.90 Å². The molecule has 0 atom stereocenters. The number of carbonyl (C=O) groups is 1. The smallest absolute Gasteiger partial charge is 0.333 e. The molecule has 0 aliphatic heterocycles. The van der Waals surface area contributed by atoms with Crippen molar-refractivity contribution in [2.45, 2.75) is 0 Å². The molecule has 29 heavy (non-hydrogen) atoms. The largest absolute Gasteiger partial charge is 0.486 e. The van der Waals surface area contributed by atoms with E-state index < -0.39 is 11.7 Å². The molecule has 7 nitrogen and oxygen atoms in total. The van der Waals surface area contributed by atoms with Crippen LogP contribution in [-0.2, 0) is 4.79 Å². The first-order valence-electron chi connectivity index (χ1n) is 8.39. The highest BCUT2D eigenvalue weighted by atomic mass is 16.4. The van der Waals surface area contributed by atoms with Gasteiger partial charge in [0.1, 0.15) is 0 Å². The maximum absolute atomic E-state index is 11.2. The van der Waals surface area contributed by atoms with Gasteiger partial charge in [0.15, 0.2) is 0 Å². The second-order valence-electron chi connectivity index (χ2n) is 5.77. The molecule has 138 valence electrons. The van der Waals surface area contributed by atoms with E-state index in [-0.39, 0.29) is 0 Å². The summed E-state index contributed by atoms with van der Waals surface area (Å²) in [5.74, 6) is -1.31. The summed E-state index contributed by atoms with van der Waals surface area (Å²) in [7, 11) is 0. The Balaban J connectivity index is 2.18. The lowest BCUT2D eigenvalue weighted by atomic mass is 10.1. The predicted octanol–water partition coefficient (Wildman–Crippen LogP) is 4.09. The molecular weight excluding hydrogens is 366 g/mol. The molecule has 0 amide bonds. The molecule has 0 radical (unpaired) electrons. The molecule has 0 saturated carbocycles. The van der Waals surface area contributed by atoms with E-state index in [1.54, 1.807) is 54.9 Å². The molecule has 0 unspecified atom stereocenters. The molecule has 0 saturated heterocycles. The molecule has 3 aromatic rings. The molecule has 0 bridgehead atoms. The molecule has 3 aromatic heterocycles. The van der Waals surface area contributed by atoms with Gasteiger partial charge in [-0.1, -0.05) is 6.07 Å². The number of carboxylic acid groups (broad SMARTS) is 1. The van der Waals surface area contributed by atoms with Crippen LogP contribution in [-0.4, -0.2) is 26.0 Å². The van der Waals surface area contributed by atoms with E-state index in [1.165, 1.54) is 12.2 Å². The molecule has 0 aromatic carbocycles. The zero-order valence-corrected chi connectivity index (χ0v) is 15.0. The third-order valence-electron chi connectivity index (χ3n) is 3.81. The lowest BCUT2D eigenvalue weighted by Crippen LogP contribution is -1.97. The van der Waals surface area contributed by atoms with Gasteiger partial charge >= 0.3 is 5.97 Å². The zero-order chi connectivity index (χ0) is 20.6. The number of aromatic nitrogens is 3. The fourth-order valence-corrected chi connectivity index (χ4v) is 2.54. The van der Waals surface area contributed by atoms with Gasteiger partial charge in [-0.05, 0) is 59.7 Å². The molecule has 3 heterocycles. The van der Waals surface area contributed by atoms with Crippen LogP contribution in [0.2, 0.25) is 0 Å². The average molecular weight is 379 g/mol. The molecule has 0 spiro atoms. The Bertz CT molecular complexity index is 1200. The first kappa shape index (κ1) is 19.2. The van der Waals surface area contributed by atoms with E-state index in [4.69, 9.17) is 16.9 Å². The van der Waals surface area contributed by atoms with Crippen LogP contribution < -0.4 is 0 Å². The summed E-state index contributed by atoms with van der Waals surface area (Å²) in [6.45, 7) is 7.07. The number of nitriles is 1. The van der Waals surface area contributed by atoms with Crippen molar-refractivity contribution in [3.8, 4) is 28.8 Å². The lowest BCUT2D eigenvalue weighted by molar-refractivity contribution is -0.132. The molecule has 7 heteroatoms. The van der Waals surface area contributed by atoms with E-state index >= 15 is 0 Å². The van der Waals surface area contributed by atoms with E-state index in [9.17, 15) is 4.79 Å². The normalized spacial score (nSPS) is 11.0. The second-order valence-corrected chi connectivity index (χ2v) is 5.77. The Kier molecular flexibility index (Phi) is 5.84. The summed E-state index contributed by atoms with van der Waals surface area (Å²) in [6.07, 6.45) is 7.52. The fraction of sp³-hybridized carbons (Fsp3) is 0. The summed E-state index contributed by atoms with van der Waals surface area (Å²) in [6, 6.07) is 14.2. The van der Waals surface area contributed by atoms with Crippen molar-refractivity contribution in [3.05, 3.63) is 89.2 Å². The average Bonchev–Trinajstić information content (AvgIpc) is 2.76. The van der Waals surface area contributed by atoms with Crippen LogP contribution in [0.25, 0.3) is 39.8 Å². The van der Waals surface area contributed by atoms with Crippen LogP contribution in [0, 0.1) is 17.9 Å². The number of pyridine rings is 3. The molecule has 0 aliphatic rings. The Hall–Kier alpha value is -4.62. The Morgan fingerprint density at radius 1 is 1.03 bits per heavy atom. The molecule has 0 fully saturated rings. The molecule has 0 aliphatic carbocycles. The monoisotopic (exact) mass is 379 g/mol. The van der Waals surface area contributed by atoms with E-state index in [1.807, 2.05) is 12.1 Å². The highest BCUT2D eigenvalue weighted by Crippen LogP contribution is 2.25. The number of aliphatic carboxylic acids is 1. The second kappa shape index (κ2) is 8.85. The van der Waals surface area contributed by atoms with Crippen molar-refractivity contribution >= 4 is 18.1 Å². The van der Waals surface area contributed by atoms with E-state index in [0.717, 1.165) is 5.56 Å². The van der Waals surface area contributed by atoms with Gasteiger partial charge in [0.2, 0.25) is 0 Å². The minimum absolute atomic E-state index is 0.409. The number of hydrogen-bond donors (Lipinski definition) is 1. The van der Waals surface area contributed by atoms with Crippen molar-refractivity contribution in [2.24, 2.45) is 0 Å². The van der Waals surface area contributed by atoms with Crippen molar-refractivity contribution in [1.82, 2.24) is 15.0 Å². The minimum atomic E-state index is -1.31. The molecule has 3 rings (SSSR count). The fourth-order valence-electron chi connectivity index (χ4n) is 2.54. The minimum Gasteiger partial charge on any atom is -0.486 e. The zero-order valence-electron chi connectivity index (χ0n) is 15.0. The third-order valence-corrected chi connectivity index (χ3v) is 3.81. The molecule has 1 N–H and O–H groups in total. The SMILES string of the molecule is [C-]#[N+]/C(=C/c1cc(-c2ccccn2)nc(-c2cc(/C=C\C#N)ccn2)c1)C(=O)O. The van der Waals surface area contributed by atoms with Gasteiger partial charge in [-0.25, -0.2) is 9.83 Å². The summed E-state index contributed by atoms with van der Waals surface area (Å²) in [5, 5.41) is 17.9. The third kappa shape index (κ3) is 4.76. The maximum Gasteiger partial charge on any atom is 0.333 e. The van der Waals surface area contributed by atoms with Crippen molar-refractivity contribution in [1.29, 1.82) is 5.26 Å². The number of carboxylic acids is 1. The lowest BCUT2D eigenvalue weighted by Gasteiger charge is -2.08. The van der Waals surface area contributed by atoms with Gasteiger partial charge in [-0.2, -0.15) is 5.26 Å². The van der Waals surface area contributed by atoms with Crippen LogP contribution in [0.15, 0.2) is 66.6 Å². The van der Waals surface area contributed by atoms with Crippen LogP contribution in [0.4, 0.5) is 0 Å². The Labute approximate surface area is 166 Å². The van der Waals surface area contributed by atoms with E-state index in [2.05, 4.69) is 19.8 Å². The number of nitrogens with zero attached hydrogens (tertiary/aromatic N) is 5. The standard InChI is InChI=1S/C22H13N5O2/c1-24-21(22(28)29)14-16-12-19(17-6-2-3-9-25-17)27-20(13-16)18-11-15(5-4-8-23)7-10-26-18/h2-7,9-14H,(H,28,29)/b5-4-,21-14+. The summed E-state index contributed by atoms with van der Waals surface area (Å²) < 4.78 is 0. The quantitative estimate of drug-likeness (QED) is 0.407. The summed E-state index contributed by atoms with van der Waals surface area (Å²) in [4.78, 5) is 27.5. The first-order valence-corrected chi connectivity index (χ1v) is 8.39. The predicted molar refractivity (Wildman–Crippen MR) is 108 cm³/mol. The maximum atomic E-state index is 11.2. The Morgan fingerprint density at radius 2 is 1.76 bits per heavy atom. The van der Waals surface area contributed by atoms with Gasteiger partial charge in [0, 0.05) is 18.5 Å². The van der Waals surface area contributed by atoms with Gasteiger partial charge < -0.3 is 5.11 Å².